The molecule has 28 heavy (non-hydrogen) atoms. The number of rotatable bonds is 6. The van der Waals surface area contributed by atoms with E-state index in [1.54, 1.807) is 50.6 Å². The van der Waals surface area contributed by atoms with Gasteiger partial charge in [-0.1, -0.05) is 12.1 Å². The van der Waals surface area contributed by atoms with E-state index in [4.69, 9.17) is 9.47 Å². The molecule has 8 nitrogen and oxygen atoms in total. The maximum Gasteiger partial charge on any atom is 0.292 e. The van der Waals surface area contributed by atoms with Crippen LogP contribution in [0.15, 0.2) is 42.5 Å². The van der Waals surface area contributed by atoms with Crippen molar-refractivity contribution in [3.8, 4) is 11.5 Å². The van der Waals surface area contributed by atoms with E-state index in [-0.39, 0.29) is 22.4 Å². The van der Waals surface area contributed by atoms with Crippen molar-refractivity contribution in [1.82, 2.24) is 0 Å². The third-order valence-corrected chi connectivity index (χ3v) is 4.94. The van der Waals surface area contributed by atoms with Gasteiger partial charge in [0.1, 0.15) is 5.69 Å². The third kappa shape index (κ3) is 4.16. The SMILES string of the molecule is COc1ccc(NC(=O)C2CCN(c3ccccc3[N+](=O)[O-])CC2)cc1OC. The van der Waals surface area contributed by atoms with Gasteiger partial charge in [0, 0.05) is 36.8 Å². The smallest absolute Gasteiger partial charge is 0.292 e. The van der Waals surface area contributed by atoms with Crippen LogP contribution >= 0.6 is 0 Å². The van der Waals surface area contributed by atoms with Crippen molar-refractivity contribution < 1.29 is 19.2 Å². The molecule has 0 aliphatic carbocycles. The van der Waals surface area contributed by atoms with E-state index in [0.717, 1.165) is 0 Å². The summed E-state index contributed by atoms with van der Waals surface area (Å²) < 4.78 is 10.5. The van der Waals surface area contributed by atoms with Gasteiger partial charge in [-0.2, -0.15) is 0 Å². The molecule has 0 atom stereocenters. The van der Waals surface area contributed by atoms with Crippen LogP contribution in [0.4, 0.5) is 17.1 Å². The summed E-state index contributed by atoms with van der Waals surface area (Å²) in [6, 6.07) is 11.9. The highest BCUT2D eigenvalue weighted by Gasteiger charge is 2.28. The van der Waals surface area contributed by atoms with E-state index in [0.29, 0.717) is 48.8 Å². The summed E-state index contributed by atoms with van der Waals surface area (Å²) in [6.45, 7) is 1.18. The molecule has 1 heterocycles. The molecular weight excluding hydrogens is 362 g/mol. The number of nitro benzene ring substituents is 1. The standard InChI is InChI=1S/C20H23N3O5/c1-27-18-8-7-15(13-19(18)28-2)21-20(24)14-9-11-22(12-10-14)16-5-3-4-6-17(16)23(25)26/h3-8,13-14H,9-12H2,1-2H3,(H,21,24). The van der Waals surface area contributed by atoms with Crippen molar-refractivity contribution in [3.63, 3.8) is 0 Å². The number of nitro groups is 1. The average Bonchev–Trinajstić information content (AvgIpc) is 2.73. The first-order chi connectivity index (χ1) is 13.5. The van der Waals surface area contributed by atoms with Gasteiger partial charge in [0.25, 0.3) is 5.69 Å². The van der Waals surface area contributed by atoms with Crippen molar-refractivity contribution in [2.75, 3.05) is 37.5 Å². The molecule has 8 heteroatoms. The molecule has 0 radical (unpaired) electrons. The summed E-state index contributed by atoms with van der Waals surface area (Å²) in [6.07, 6.45) is 1.26. The molecule has 0 bridgehead atoms. The predicted molar refractivity (Wildman–Crippen MR) is 106 cm³/mol. The molecule has 1 saturated heterocycles. The molecule has 1 amide bonds. The van der Waals surface area contributed by atoms with Crippen molar-refractivity contribution in [3.05, 3.63) is 52.6 Å². The number of carbonyl (C=O) groups is 1. The number of amides is 1. The maximum absolute atomic E-state index is 12.6. The second-order valence-electron chi connectivity index (χ2n) is 6.57. The van der Waals surface area contributed by atoms with E-state index in [1.165, 1.54) is 6.07 Å². The Hall–Kier alpha value is -3.29. The average molecular weight is 385 g/mol. The monoisotopic (exact) mass is 385 g/mol. The molecule has 0 unspecified atom stereocenters. The molecule has 0 spiro atoms. The number of benzene rings is 2. The fourth-order valence-electron chi connectivity index (χ4n) is 3.43. The second kappa shape index (κ2) is 8.60. The number of piperidine rings is 1. The van der Waals surface area contributed by atoms with Crippen LogP contribution in [0.1, 0.15) is 12.8 Å². The van der Waals surface area contributed by atoms with Crippen LogP contribution < -0.4 is 19.7 Å². The first-order valence-electron chi connectivity index (χ1n) is 9.04. The lowest BCUT2D eigenvalue weighted by Gasteiger charge is -2.32. The Morgan fingerprint density at radius 3 is 2.43 bits per heavy atom. The van der Waals surface area contributed by atoms with Gasteiger partial charge in [-0.15, -0.1) is 0 Å². The topological polar surface area (TPSA) is 93.9 Å². The predicted octanol–water partition coefficient (Wildman–Crippen LogP) is 3.47. The molecular formula is C20H23N3O5. The Morgan fingerprint density at radius 1 is 1.11 bits per heavy atom. The molecule has 148 valence electrons. The molecule has 1 fully saturated rings. The lowest BCUT2D eigenvalue weighted by molar-refractivity contribution is -0.384. The van der Waals surface area contributed by atoms with Crippen molar-refractivity contribution in [2.45, 2.75) is 12.8 Å². The van der Waals surface area contributed by atoms with Crippen molar-refractivity contribution >= 4 is 23.0 Å². The Kier molecular flexibility index (Phi) is 5.98. The number of hydrogen-bond acceptors (Lipinski definition) is 6. The van der Waals surface area contributed by atoms with E-state index in [1.807, 2.05) is 4.90 Å². The molecule has 3 rings (SSSR count). The molecule has 0 aromatic heterocycles. The molecule has 1 aliphatic heterocycles. The zero-order valence-electron chi connectivity index (χ0n) is 15.9. The van der Waals surface area contributed by atoms with E-state index in [2.05, 4.69) is 5.32 Å². The number of anilines is 2. The first kappa shape index (κ1) is 19.5. The van der Waals surface area contributed by atoms with Gasteiger partial charge in [-0.25, -0.2) is 0 Å². The van der Waals surface area contributed by atoms with Crippen LogP contribution in [-0.4, -0.2) is 38.1 Å². The van der Waals surface area contributed by atoms with Crippen molar-refractivity contribution in [2.24, 2.45) is 5.92 Å². The summed E-state index contributed by atoms with van der Waals surface area (Å²) in [4.78, 5) is 25.5. The van der Waals surface area contributed by atoms with Crippen LogP contribution in [-0.2, 0) is 4.79 Å². The van der Waals surface area contributed by atoms with Gasteiger partial charge < -0.3 is 19.7 Å². The Morgan fingerprint density at radius 2 is 1.79 bits per heavy atom. The highest BCUT2D eigenvalue weighted by Crippen LogP contribution is 2.32. The van der Waals surface area contributed by atoms with E-state index in [9.17, 15) is 14.9 Å². The fourth-order valence-corrected chi connectivity index (χ4v) is 3.43. The largest absolute Gasteiger partial charge is 0.493 e. The fraction of sp³-hybridized carbons (Fsp3) is 0.350. The van der Waals surface area contributed by atoms with Gasteiger partial charge in [0.2, 0.25) is 5.91 Å². The van der Waals surface area contributed by atoms with Gasteiger partial charge in [0.05, 0.1) is 19.1 Å². The summed E-state index contributed by atoms with van der Waals surface area (Å²) >= 11 is 0. The van der Waals surface area contributed by atoms with Crippen LogP contribution in [0.3, 0.4) is 0 Å². The van der Waals surface area contributed by atoms with E-state index >= 15 is 0 Å². The number of carbonyl (C=O) groups excluding carboxylic acids is 1. The highest BCUT2D eigenvalue weighted by molar-refractivity contribution is 5.93. The lowest BCUT2D eigenvalue weighted by Crippen LogP contribution is -2.38. The second-order valence-corrected chi connectivity index (χ2v) is 6.57. The minimum atomic E-state index is -0.370. The third-order valence-electron chi connectivity index (χ3n) is 4.94. The molecule has 2 aromatic rings. The summed E-state index contributed by atoms with van der Waals surface area (Å²) in [5.41, 5.74) is 1.34. The van der Waals surface area contributed by atoms with Crippen molar-refractivity contribution in [1.29, 1.82) is 0 Å². The lowest BCUT2D eigenvalue weighted by atomic mass is 9.95. The number of ether oxygens (including phenoxy) is 2. The Labute approximate surface area is 163 Å². The van der Waals surface area contributed by atoms with Crippen LogP contribution in [0.2, 0.25) is 0 Å². The Bertz CT molecular complexity index is 863. The van der Waals surface area contributed by atoms with Gasteiger partial charge >= 0.3 is 0 Å². The van der Waals surface area contributed by atoms with E-state index < -0.39 is 0 Å². The normalized spacial score (nSPS) is 14.4. The van der Waals surface area contributed by atoms with Gasteiger partial charge in [0.15, 0.2) is 11.5 Å². The highest BCUT2D eigenvalue weighted by atomic mass is 16.6. The number of methoxy groups -OCH3 is 2. The van der Waals surface area contributed by atoms with Gasteiger partial charge in [-0.05, 0) is 31.0 Å². The van der Waals surface area contributed by atoms with Crippen LogP contribution in [0, 0.1) is 16.0 Å². The minimum Gasteiger partial charge on any atom is -0.493 e. The molecule has 0 saturated carbocycles. The maximum atomic E-state index is 12.6. The molecule has 2 aromatic carbocycles. The quantitative estimate of drug-likeness (QED) is 0.604. The summed E-state index contributed by atoms with van der Waals surface area (Å²) in [7, 11) is 3.10. The molecule has 1 N–H and O–H groups in total. The number of para-hydroxylation sites is 2. The van der Waals surface area contributed by atoms with Gasteiger partial charge in [-0.3, -0.25) is 14.9 Å². The minimum absolute atomic E-state index is 0.0607. The summed E-state index contributed by atoms with van der Waals surface area (Å²) in [5.74, 6) is 0.936. The van der Waals surface area contributed by atoms with Crippen LogP contribution in [0.25, 0.3) is 0 Å². The summed E-state index contributed by atoms with van der Waals surface area (Å²) in [5, 5.41) is 14.2. The number of nitrogens with one attached hydrogen (secondary N) is 1. The Balaban J connectivity index is 1.62. The zero-order valence-corrected chi connectivity index (χ0v) is 15.9. The molecule has 1 aliphatic rings. The zero-order chi connectivity index (χ0) is 20.1. The number of nitrogens with zero attached hydrogens (tertiary/aromatic N) is 2. The van der Waals surface area contributed by atoms with Crippen LogP contribution in [0.5, 0.6) is 11.5 Å². The first-order valence-corrected chi connectivity index (χ1v) is 9.04. The number of hydrogen-bond donors (Lipinski definition) is 1.